The quantitative estimate of drug-likeness (QED) is 0.609. The van der Waals surface area contributed by atoms with Gasteiger partial charge in [-0.15, -0.1) is 0 Å². The molecule has 88 valence electrons. The van der Waals surface area contributed by atoms with Crippen molar-refractivity contribution in [1.29, 1.82) is 0 Å². The highest BCUT2D eigenvalue weighted by Gasteiger charge is 2.36. The van der Waals surface area contributed by atoms with Gasteiger partial charge in [-0.25, -0.2) is 0 Å². The third kappa shape index (κ3) is 2.71. The molecule has 1 rings (SSSR count). The number of nitrogens with zero attached hydrogens (tertiary/aromatic N) is 2. The van der Waals surface area contributed by atoms with Gasteiger partial charge in [0.2, 0.25) is 5.91 Å². The van der Waals surface area contributed by atoms with E-state index in [9.17, 15) is 4.79 Å². The maximum Gasteiger partial charge on any atom is 0.228 e. The molecule has 3 nitrogen and oxygen atoms in total. The van der Waals surface area contributed by atoms with Crippen LogP contribution < -0.4 is 0 Å². The summed E-state index contributed by atoms with van der Waals surface area (Å²) in [5.41, 5.74) is -0.162. The Bertz CT molecular complexity index is 253. The summed E-state index contributed by atoms with van der Waals surface area (Å²) < 4.78 is 0. The van der Waals surface area contributed by atoms with Gasteiger partial charge in [-0.2, -0.15) is 0 Å². The van der Waals surface area contributed by atoms with Crippen molar-refractivity contribution in [3.63, 3.8) is 0 Å². The fourth-order valence-corrected chi connectivity index (χ4v) is 1.89. The van der Waals surface area contributed by atoms with Crippen molar-refractivity contribution >= 4 is 5.91 Å². The van der Waals surface area contributed by atoms with Gasteiger partial charge in [-0.05, 0) is 20.9 Å². The molecule has 0 atom stereocenters. The van der Waals surface area contributed by atoms with Crippen molar-refractivity contribution in [3.8, 4) is 0 Å². The van der Waals surface area contributed by atoms with E-state index in [2.05, 4.69) is 25.8 Å². The molecule has 1 fully saturated rings. The molecule has 0 aliphatic carbocycles. The molecule has 3 heteroatoms. The smallest absolute Gasteiger partial charge is 0.228 e. The highest BCUT2D eigenvalue weighted by molar-refractivity contribution is 5.81. The number of hydrogen-bond acceptors (Lipinski definition) is 2. The highest BCUT2D eigenvalue weighted by Crippen LogP contribution is 2.24. The van der Waals surface area contributed by atoms with Crippen LogP contribution in [0.25, 0.3) is 0 Å². The minimum Gasteiger partial charge on any atom is -0.339 e. The molecule has 0 spiro atoms. The van der Waals surface area contributed by atoms with E-state index in [0.29, 0.717) is 0 Å². The minimum atomic E-state index is -0.258. The van der Waals surface area contributed by atoms with Gasteiger partial charge in [-0.1, -0.05) is 20.8 Å². The molecular weight excluding hydrogens is 188 g/mol. The van der Waals surface area contributed by atoms with Crippen LogP contribution in [-0.4, -0.2) is 47.9 Å². The number of piperazine rings is 1. The number of rotatable bonds is 0. The molecule has 0 bridgehead atoms. The second kappa shape index (κ2) is 3.78. The molecule has 15 heavy (non-hydrogen) atoms. The van der Waals surface area contributed by atoms with Gasteiger partial charge < -0.3 is 4.90 Å². The zero-order valence-corrected chi connectivity index (χ0v) is 10.9. The van der Waals surface area contributed by atoms with Gasteiger partial charge in [0.25, 0.3) is 0 Å². The Hall–Kier alpha value is -0.570. The fourth-order valence-electron chi connectivity index (χ4n) is 1.89. The zero-order valence-electron chi connectivity index (χ0n) is 10.9. The van der Waals surface area contributed by atoms with Gasteiger partial charge in [0.15, 0.2) is 0 Å². The first-order valence-electron chi connectivity index (χ1n) is 5.65. The molecule has 0 unspecified atom stereocenters. The van der Waals surface area contributed by atoms with E-state index in [1.54, 1.807) is 0 Å². The van der Waals surface area contributed by atoms with Crippen LogP contribution in [0.2, 0.25) is 0 Å². The van der Waals surface area contributed by atoms with E-state index >= 15 is 0 Å². The first-order valence-corrected chi connectivity index (χ1v) is 5.65. The van der Waals surface area contributed by atoms with Crippen LogP contribution in [0.1, 0.15) is 34.6 Å². The zero-order chi connectivity index (χ0) is 11.9. The standard InChI is InChI=1S/C12H24N2O/c1-11(2,3)10(15)14-8-7-13(6)12(4,5)9-14/h7-9H2,1-6H3. The molecule has 0 aromatic carbocycles. The van der Waals surface area contributed by atoms with Gasteiger partial charge in [0.05, 0.1) is 0 Å². The lowest BCUT2D eigenvalue weighted by Crippen LogP contribution is -2.60. The molecule has 0 aromatic rings. The molecule has 0 radical (unpaired) electrons. The van der Waals surface area contributed by atoms with Crippen LogP contribution in [-0.2, 0) is 4.79 Å². The number of carbonyl (C=O) groups is 1. The van der Waals surface area contributed by atoms with Crippen LogP contribution >= 0.6 is 0 Å². The van der Waals surface area contributed by atoms with Crippen molar-refractivity contribution in [2.75, 3.05) is 26.7 Å². The molecule has 0 N–H and O–H groups in total. The first kappa shape index (κ1) is 12.5. The molecule has 1 amide bonds. The summed E-state index contributed by atoms with van der Waals surface area (Å²) in [6.45, 7) is 13.0. The number of carbonyl (C=O) groups excluding carboxylic acids is 1. The van der Waals surface area contributed by atoms with Crippen molar-refractivity contribution in [2.45, 2.75) is 40.2 Å². The molecule has 1 heterocycles. The lowest BCUT2D eigenvalue weighted by atomic mass is 9.92. The van der Waals surface area contributed by atoms with Crippen molar-refractivity contribution in [3.05, 3.63) is 0 Å². The van der Waals surface area contributed by atoms with Gasteiger partial charge in [-0.3, -0.25) is 9.69 Å². The normalized spacial score (nSPS) is 22.9. The summed E-state index contributed by atoms with van der Waals surface area (Å²) in [4.78, 5) is 16.4. The van der Waals surface area contributed by atoms with E-state index in [1.807, 2.05) is 25.7 Å². The first-order chi connectivity index (χ1) is 6.64. The van der Waals surface area contributed by atoms with Crippen LogP contribution in [0.15, 0.2) is 0 Å². The van der Waals surface area contributed by atoms with Gasteiger partial charge in [0.1, 0.15) is 0 Å². The summed E-state index contributed by atoms with van der Waals surface area (Å²) >= 11 is 0. The Morgan fingerprint density at radius 3 is 2.13 bits per heavy atom. The topological polar surface area (TPSA) is 23.6 Å². The molecule has 1 aliphatic heterocycles. The molecule has 0 aromatic heterocycles. The highest BCUT2D eigenvalue weighted by atomic mass is 16.2. The van der Waals surface area contributed by atoms with Crippen molar-refractivity contribution in [2.24, 2.45) is 5.41 Å². The predicted molar refractivity (Wildman–Crippen MR) is 62.7 cm³/mol. The molecule has 1 saturated heterocycles. The maximum absolute atomic E-state index is 12.1. The van der Waals surface area contributed by atoms with Gasteiger partial charge >= 0.3 is 0 Å². The van der Waals surface area contributed by atoms with Crippen molar-refractivity contribution < 1.29 is 4.79 Å². The average molecular weight is 212 g/mol. The van der Waals surface area contributed by atoms with E-state index in [0.717, 1.165) is 19.6 Å². The lowest BCUT2D eigenvalue weighted by Gasteiger charge is -2.46. The second-order valence-corrected chi connectivity index (χ2v) is 6.21. The number of hydrogen-bond donors (Lipinski definition) is 0. The third-order valence-corrected chi connectivity index (χ3v) is 3.25. The lowest BCUT2D eigenvalue weighted by molar-refractivity contribution is -0.144. The molecule has 0 saturated carbocycles. The Kier molecular flexibility index (Phi) is 3.15. The molecule has 1 aliphatic rings. The third-order valence-electron chi connectivity index (χ3n) is 3.25. The Balaban J connectivity index is 2.72. The van der Waals surface area contributed by atoms with Crippen LogP contribution in [0.5, 0.6) is 0 Å². The monoisotopic (exact) mass is 212 g/mol. The fraction of sp³-hybridized carbons (Fsp3) is 0.917. The van der Waals surface area contributed by atoms with Crippen molar-refractivity contribution in [1.82, 2.24) is 9.80 Å². The Labute approximate surface area is 93.4 Å². The maximum atomic E-state index is 12.1. The summed E-state index contributed by atoms with van der Waals surface area (Å²) in [6, 6.07) is 0. The molecular formula is C12H24N2O. The van der Waals surface area contributed by atoms with Crippen LogP contribution in [0, 0.1) is 5.41 Å². The average Bonchev–Trinajstić information content (AvgIpc) is 2.07. The summed E-state index contributed by atoms with van der Waals surface area (Å²) in [7, 11) is 2.12. The van der Waals surface area contributed by atoms with Crippen LogP contribution in [0.3, 0.4) is 0 Å². The Morgan fingerprint density at radius 2 is 1.73 bits per heavy atom. The van der Waals surface area contributed by atoms with Crippen LogP contribution in [0.4, 0.5) is 0 Å². The van der Waals surface area contributed by atoms with E-state index < -0.39 is 0 Å². The summed E-state index contributed by atoms with van der Waals surface area (Å²) in [5.74, 6) is 0.267. The second-order valence-electron chi connectivity index (χ2n) is 6.21. The minimum absolute atomic E-state index is 0.0964. The van der Waals surface area contributed by atoms with E-state index in [4.69, 9.17) is 0 Å². The largest absolute Gasteiger partial charge is 0.339 e. The van der Waals surface area contributed by atoms with Gasteiger partial charge in [0, 0.05) is 30.6 Å². The number of amides is 1. The van der Waals surface area contributed by atoms with E-state index in [-0.39, 0.29) is 16.9 Å². The summed E-state index contributed by atoms with van der Waals surface area (Å²) in [5, 5.41) is 0. The van der Waals surface area contributed by atoms with E-state index in [1.165, 1.54) is 0 Å². The SMILES string of the molecule is CN1CCN(C(=O)C(C)(C)C)CC1(C)C. The number of likely N-dealkylation sites (N-methyl/N-ethyl adjacent to an activating group) is 1. The Morgan fingerprint density at radius 1 is 1.20 bits per heavy atom. The predicted octanol–water partition coefficient (Wildman–Crippen LogP) is 1.59. The summed E-state index contributed by atoms with van der Waals surface area (Å²) in [6.07, 6.45) is 0.